The summed E-state index contributed by atoms with van der Waals surface area (Å²) in [5, 5.41) is 3.07. The SMILES string of the molecule is Cc1cccc(-n2c(N)c(C(=O)N[C@H](C)c3ccccc3)c3nc4ccccc4nc32)c1. The lowest BCUT2D eigenvalue weighted by atomic mass is 10.1. The zero-order chi connectivity index (χ0) is 22.2. The Morgan fingerprint density at radius 1 is 0.938 bits per heavy atom. The van der Waals surface area contributed by atoms with Crippen molar-refractivity contribution in [2.75, 3.05) is 5.73 Å². The summed E-state index contributed by atoms with van der Waals surface area (Å²) in [5.74, 6) is 0.0403. The van der Waals surface area contributed by atoms with Crippen molar-refractivity contribution in [1.29, 1.82) is 0 Å². The highest BCUT2D eigenvalue weighted by atomic mass is 16.1. The molecule has 5 rings (SSSR count). The van der Waals surface area contributed by atoms with Gasteiger partial charge in [-0.25, -0.2) is 9.97 Å². The number of carbonyl (C=O) groups excluding carboxylic acids is 1. The molecule has 0 aliphatic rings. The Bertz CT molecular complexity index is 1460. The number of anilines is 1. The highest BCUT2D eigenvalue weighted by molar-refractivity contribution is 6.11. The van der Waals surface area contributed by atoms with Crippen LogP contribution in [0.2, 0.25) is 0 Å². The number of para-hydroxylation sites is 2. The maximum atomic E-state index is 13.4. The Hall–Kier alpha value is -4.19. The van der Waals surface area contributed by atoms with E-state index in [1.165, 1.54) is 0 Å². The lowest BCUT2D eigenvalue weighted by Crippen LogP contribution is -2.27. The Morgan fingerprint density at radius 2 is 1.62 bits per heavy atom. The van der Waals surface area contributed by atoms with Crippen LogP contribution < -0.4 is 11.1 Å². The number of nitrogens with zero attached hydrogens (tertiary/aromatic N) is 3. The van der Waals surface area contributed by atoms with Crippen LogP contribution in [0.1, 0.15) is 34.5 Å². The van der Waals surface area contributed by atoms with Crippen LogP contribution in [0, 0.1) is 6.92 Å². The van der Waals surface area contributed by atoms with Gasteiger partial charge in [0.1, 0.15) is 16.9 Å². The number of nitrogens with one attached hydrogen (secondary N) is 1. The first-order valence-corrected chi connectivity index (χ1v) is 10.5. The Morgan fingerprint density at radius 3 is 2.34 bits per heavy atom. The Kier molecular flexibility index (Phi) is 4.82. The number of rotatable bonds is 4. The third-order valence-corrected chi connectivity index (χ3v) is 5.63. The molecule has 0 radical (unpaired) electrons. The number of benzene rings is 3. The molecule has 5 aromatic rings. The van der Waals surface area contributed by atoms with Crippen LogP contribution in [0.15, 0.2) is 78.9 Å². The van der Waals surface area contributed by atoms with E-state index in [0.29, 0.717) is 28.1 Å². The predicted molar refractivity (Wildman–Crippen MR) is 128 cm³/mol. The lowest BCUT2D eigenvalue weighted by Gasteiger charge is -2.14. The predicted octanol–water partition coefficient (Wildman–Crippen LogP) is 4.96. The molecule has 2 aromatic heterocycles. The average Bonchev–Trinajstić information content (AvgIpc) is 3.08. The summed E-state index contributed by atoms with van der Waals surface area (Å²) in [6, 6.07) is 25.2. The highest BCUT2D eigenvalue weighted by Gasteiger charge is 2.25. The fraction of sp³-hybridized carbons (Fsp3) is 0.115. The molecule has 0 saturated carbocycles. The van der Waals surface area contributed by atoms with Crippen LogP contribution in [0.25, 0.3) is 27.9 Å². The van der Waals surface area contributed by atoms with Gasteiger partial charge in [0, 0.05) is 5.69 Å². The molecule has 2 heterocycles. The van der Waals surface area contributed by atoms with E-state index >= 15 is 0 Å². The van der Waals surface area contributed by atoms with Gasteiger partial charge in [0.15, 0.2) is 5.65 Å². The number of hydrogen-bond donors (Lipinski definition) is 2. The van der Waals surface area contributed by atoms with Crippen molar-refractivity contribution in [2.24, 2.45) is 0 Å². The molecule has 1 amide bonds. The van der Waals surface area contributed by atoms with E-state index in [1.807, 2.05) is 97.3 Å². The maximum Gasteiger partial charge on any atom is 0.257 e. The summed E-state index contributed by atoms with van der Waals surface area (Å²) in [6.07, 6.45) is 0. The van der Waals surface area contributed by atoms with Crippen LogP contribution >= 0.6 is 0 Å². The standard InChI is InChI=1S/C26H23N5O/c1-16-9-8-12-19(15-16)31-24(27)22(26(32)28-17(2)18-10-4-3-5-11-18)23-25(31)30-21-14-7-6-13-20(21)29-23/h3-15,17H,27H2,1-2H3,(H,28,32)/t17-/m1/s1. The van der Waals surface area contributed by atoms with Crippen molar-refractivity contribution >= 4 is 33.9 Å². The van der Waals surface area contributed by atoms with E-state index in [9.17, 15) is 4.79 Å². The van der Waals surface area contributed by atoms with Crippen LogP contribution in [-0.2, 0) is 0 Å². The van der Waals surface area contributed by atoms with Crippen LogP contribution in [0.5, 0.6) is 0 Å². The molecule has 0 aliphatic heterocycles. The number of amides is 1. The number of nitrogens with two attached hydrogens (primary N) is 1. The third kappa shape index (κ3) is 3.36. The molecule has 0 saturated heterocycles. The number of aromatic nitrogens is 3. The van der Waals surface area contributed by atoms with Gasteiger partial charge < -0.3 is 11.1 Å². The summed E-state index contributed by atoms with van der Waals surface area (Å²) in [4.78, 5) is 23.0. The second-order valence-electron chi connectivity index (χ2n) is 7.93. The molecular formula is C26H23N5O. The molecule has 1 atom stereocenters. The van der Waals surface area contributed by atoms with Gasteiger partial charge in [-0.15, -0.1) is 0 Å². The smallest absolute Gasteiger partial charge is 0.257 e. The van der Waals surface area contributed by atoms with Crippen molar-refractivity contribution in [1.82, 2.24) is 19.9 Å². The minimum absolute atomic E-state index is 0.186. The summed E-state index contributed by atoms with van der Waals surface area (Å²) in [5.41, 5.74) is 12.4. The fourth-order valence-corrected chi connectivity index (χ4v) is 4.01. The van der Waals surface area contributed by atoms with Crippen molar-refractivity contribution in [3.8, 4) is 5.69 Å². The second-order valence-corrected chi connectivity index (χ2v) is 7.93. The quantitative estimate of drug-likeness (QED) is 0.430. The van der Waals surface area contributed by atoms with E-state index < -0.39 is 0 Å². The molecule has 0 spiro atoms. The highest BCUT2D eigenvalue weighted by Crippen LogP contribution is 2.31. The number of fused-ring (bicyclic) bond motifs is 2. The van der Waals surface area contributed by atoms with Gasteiger partial charge in [-0.1, -0.05) is 54.6 Å². The van der Waals surface area contributed by atoms with Crippen LogP contribution in [0.4, 0.5) is 5.82 Å². The van der Waals surface area contributed by atoms with E-state index in [2.05, 4.69) is 5.32 Å². The molecule has 32 heavy (non-hydrogen) atoms. The van der Waals surface area contributed by atoms with Crippen molar-refractivity contribution in [3.63, 3.8) is 0 Å². The molecule has 0 aliphatic carbocycles. The van der Waals surface area contributed by atoms with Crippen LogP contribution in [-0.4, -0.2) is 20.4 Å². The third-order valence-electron chi connectivity index (χ3n) is 5.63. The van der Waals surface area contributed by atoms with Gasteiger partial charge in [0.05, 0.1) is 17.1 Å². The first-order valence-electron chi connectivity index (χ1n) is 10.5. The van der Waals surface area contributed by atoms with E-state index in [0.717, 1.165) is 22.3 Å². The summed E-state index contributed by atoms with van der Waals surface area (Å²) >= 11 is 0. The molecule has 3 N–H and O–H groups in total. The first-order chi connectivity index (χ1) is 15.5. The Balaban J connectivity index is 1.70. The lowest BCUT2D eigenvalue weighted by molar-refractivity contribution is 0.0942. The van der Waals surface area contributed by atoms with E-state index in [1.54, 1.807) is 0 Å². The monoisotopic (exact) mass is 421 g/mol. The number of carbonyl (C=O) groups is 1. The summed E-state index contributed by atoms with van der Waals surface area (Å²) in [7, 11) is 0. The normalized spacial score (nSPS) is 12.2. The van der Waals surface area contributed by atoms with Gasteiger partial charge in [0.25, 0.3) is 5.91 Å². The Labute approximate surface area is 185 Å². The van der Waals surface area contributed by atoms with Crippen molar-refractivity contribution in [3.05, 3.63) is 95.6 Å². The number of aryl methyl sites for hydroxylation is 1. The zero-order valence-electron chi connectivity index (χ0n) is 17.9. The molecule has 0 fully saturated rings. The molecule has 0 bridgehead atoms. The molecule has 6 nitrogen and oxygen atoms in total. The summed E-state index contributed by atoms with van der Waals surface area (Å²) in [6.45, 7) is 3.96. The van der Waals surface area contributed by atoms with Gasteiger partial charge in [0.2, 0.25) is 0 Å². The van der Waals surface area contributed by atoms with Gasteiger partial charge in [-0.2, -0.15) is 0 Å². The van der Waals surface area contributed by atoms with Crippen LogP contribution in [0.3, 0.4) is 0 Å². The average molecular weight is 422 g/mol. The van der Waals surface area contributed by atoms with Gasteiger partial charge >= 0.3 is 0 Å². The van der Waals surface area contributed by atoms with Crippen molar-refractivity contribution < 1.29 is 4.79 Å². The van der Waals surface area contributed by atoms with Gasteiger partial charge in [-0.05, 0) is 49.2 Å². The fourth-order valence-electron chi connectivity index (χ4n) is 4.01. The second kappa shape index (κ2) is 7.81. The zero-order valence-corrected chi connectivity index (χ0v) is 17.9. The van der Waals surface area contributed by atoms with Gasteiger partial charge in [-0.3, -0.25) is 9.36 Å². The first kappa shape index (κ1) is 19.8. The number of hydrogen-bond acceptors (Lipinski definition) is 4. The maximum absolute atomic E-state index is 13.4. The molecular weight excluding hydrogens is 398 g/mol. The van der Waals surface area contributed by atoms with E-state index in [-0.39, 0.29) is 11.9 Å². The molecule has 158 valence electrons. The minimum Gasteiger partial charge on any atom is -0.384 e. The topological polar surface area (TPSA) is 85.8 Å². The van der Waals surface area contributed by atoms with E-state index in [4.69, 9.17) is 15.7 Å². The summed E-state index contributed by atoms with van der Waals surface area (Å²) < 4.78 is 1.81. The molecule has 6 heteroatoms. The molecule has 3 aromatic carbocycles. The van der Waals surface area contributed by atoms with Crippen molar-refractivity contribution in [2.45, 2.75) is 19.9 Å². The molecule has 0 unspecified atom stereocenters. The largest absolute Gasteiger partial charge is 0.384 e. The minimum atomic E-state index is -0.278. The number of nitrogen functional groups attached to an aromatic ring is 1.